The molecule has 0 bridgehead atoms. The lowest BCUT2D eigenvalue weighted by Crippen LogP contribution is -2.22. The Morgan fingerprint density at radius 3 is 2.60 bits per heavy atom. The van der Waals surface area contributed by atoms with Gasteiger partial charge < -0.3 is 10.2 Å². The van der Waals surface area contributed by atoms with E-state index in [0.29, 0.717) is 0 Å². The van der Waals surface area contributed by atoms with Crippen molar-refractivity contribution in [3.05, 3.63) is 40.2 Å². The van der Waals surface area contributed by atoms with Crippen LogP contribution >= 0.6 is 11.3 Å². The molecule has 5 heteroatoms. The minimum absolute atomic E-state index is 0.721. The molecule has 2 rings (SSSR count). The van der Waals surface area contributed by atoms with E-state index in [-0.39, 0.29) is 0 Å². The molecule has 0 fully saturated rings. The maximum atomic E-state index is 8.79. The maximum absolute atomic E-state index is 8.79. The fourth-order valence-corrected chi connectivity index (χ4v) is 2.69. The third-order valence-corrected chi connectivity index (χ3v) is 4.06. The summed E-state index contributed by atoms with van der Waals surface area (Å²) in [6.07, 6.45) is 1.85. The van der Waals surface area contributed by atoms with Crippen molar-refractivity contribution >= 4 is 22.8 Å². The number of nitrogens with zero attached hydrogens (tertiary/aromatic N) is 3. The monoisotopic (exact) mass is 286 g/mol. The quantitative estimate of drug-likeness (QED) is 0.883. The molecule has 0 radical (unpaired) electrons. The molecule has 0 aliphatic rings. The minimum Gasteiger partial charge on any atom is -0.379 e. The summed E-state index contributed by atoms with van der Waals surface area (Å²) < 4.78 is 0. The molecule has 0 saturated carbocycles. The lowest BCUT2D eigenvalue weighted by Gasteiger charge is -2.19. The number of nitrogens with one attached hydrogen (secondary N) is 1. The average molecular weight is 286 g/mol. The Morgan fingerprint density at radius 1 is 1.25 bits per heavy atom. The van der Waals surface area contributed by atoms with E-state index in [1.807, 2.05) is 30.5 Å². The van der Waals surface area contributed by atoms with Crippen LogP contribution in [0.5, 0.6) is 0 Å². The van der Waals surface area contributed by atoms with E-state index < -0.39 is 0 Å². The van der Waals surface area contributed by atoms with Gasteiger partial charge in [0.15, 0.2) is 0 Å². The highest BCUT2D eigenvalue weighted by atomic mass is 32.1. The Bertz CT molecular complexity index is 579. The lowest BCUT2D eigenvalue weighted by atomic mass is 10.3. The van der Waals surface area contributed by atoms with Crippen LogP contribution in [0.25, 0.3) is 0 Å². The van der Waals surface area contributed by atoms with Crippen molar-refractivity contribution < 1.29 is 0 Å². The number of pyridine rings is 1. The molecule has 0 amide bonds. The molecule has 4 nitrogen and oxygen atoms in total. The maximum Gasteiger partial charge on any atom is 0.128 e. The first kappa shape index (κ1) is 14.4. The minimum atomic E-state index is 0.721. The average Bonchev–Trinajstić information content (AvgIpc) is 2.96. The molecule has 0 aliphatic carbocycles. The molecule has 2 aromatic rings. The smallest absolute Gasteiger partial charge is 0.128 e. The van der Waals surface area contributed by atoms with Gasteiger partial charge in [-0.3, -0.25) is 0 Å². The zero-order chi connectivity index (χ0) is 14.4. The zero-order valence-corrected chi connectivity index (χ0v) is 12.6. The van der Waals surface area contributed by atoms with Crippen molar-refractivity contribution in [3.63, 3.8) is 0 Å². The molecule has 0 spiro atoms. The number of thiophene rings is 1. The molecular weight excluding hydrogens is 268 g/mol. The molecule has 0 aromatic carbocycles. The number of aromatic nitrogens is 1. The Kier molecular flexibility index (Phi) is 4.97. The molecule has 0 unspecified atom stereocenters. The van der Waals surface area contributed by atoms with Crippen LogP contribution in [0, 0.1) is 11.3 Å². The van der Waals surface area contributed by atoms with Gasteiger partial charge in [-0.1, -0.05) is 0 Å². The summed E-state index contributed by atoms with van der Waals surface area (Å²) in [6.45, 7) is 6.89. The SMILES string of the molecule is CCN(CC)c1ccc(NCc2ccc(C#N)s2)cn1. The first-order chi connectivity index (χ1) is 9.76. The number of hydrogen-bond acceptors (Lipinski definition) is 5. The van der Waals surface area contributed by atoms with Gasteiger partial charge in [0.1, 0.15) is 16.8 Å². The van der Waals surface area contributed by atoms with Gasteiger partial charge in [-0.25, -0.2) is 4.98 Å². The molecule has 1 N–H and O–H groups in total. The number of nitriles is 1. The summed E-state index contributed by atoms with van der Waals surface area (Å²) in [7, 11) is 0. The van der Waals surface area contributed by atoms with Crippen LogP contribution in [-0.4, -0.2) is 18.1 Å². The fourth-order valence-electron chi connectivity index (χ4n) is 1.95. The molecule has 0 saturated heterocycles. The van der Waals surface area contributed by atoms with Gasteiger partial charge in [0, 0.05) is 24.5 Å². The van der Waals surface area contributed by atoms with Crippen LogP contribution in [0.4, 0.5) is 11.5 Å². The second-order valence-electron chi connectivity index (χ2n) is 4.31. The summed E-state index contributed by atoms with van der Waals surface area (Å²) in [4.78, 5) is 8.57. The second-order valence-corrected chi connectivity index (χ2v) is 5.48. The van der Waals surface area contributed by atoms with Crippen molar-refractivity contribution in [2.45, 2.75) is 20.4 Å². The van der Waals surface area contributed by atoms with E-state index in [4.69, 9.17) is 5.26 Å². The van der Waals surface area contributed by atoms with E-state index in [0.717, 1.165) is 40.9 Å². The summed E-state index contributed by atoms with van der Waals surface area (Å²) in [5.74, 6) is 1.00. The standard InChI is InChI=1S/C15H18N4S/c1-3-19(4-2)15-8-5-12(10-18-15)17-11-14-7-6-13(9-16)20-14/h5-8,10,17H,3-4,11H2,1-2H3. The van der Waals surface area contributed by atoms with Crippen LogP contribution in [0.15, 0.2) is 30.5 Å². The topological polar surface area (TPSA) is 52.0 Å². The molecule has 2 heterocycles. The zero-order valence-electron chi connectivity index (χ0n) is 11.8. The van der Waals surface area contributed by atoms with E-state index >= 15 is 0 Å². The van der Waals surface area contributed by atoms with Gasteiger partial charge in [0.25, 0.3) is 0 Å². The lowest BCUT2D eigenvalue weighted by molar-refractivity contribution is 0.846. The van der Waals surface area contributed by atoms with Crippen LogP contribution < -0.4 is 10.2 Å². The molecule has 0 atom stereocenters. The van der Waals surface area contributed by atoms with Crippen LogP contribution in [0.3, 0.4) is 0 Å². The van der Waals surface area contributed by atoms with Crippen LogP contribution in [-0.2, 0) is 6.54 Å². The Morgan fingerprint density at radius 2 is 2.05 bits per heavy atom. The highest BCUT2D eigenvalue weighted by Crippen LogP contribution is 2.18. The van der Waals surface area contributed by atoms with Gasteiger partial charge in [0.2, 0.25) is 0 Å². The normalized spacial score (nSPS) is 10.1. The van der Waals surface area contributed by atoms with Crippen molar-refractivity contribution in [1.29, 1.82) is 5.26 Å². The van der Waals surface area contributed by atoms with E-state index in [1.165, 1.54) is 11.3 Å². The Balaban J connectivity index is 1.95. The van der Waals surface area contributed by atoms with Gasteiger partial charge >= 0.3 is 0 Å². The predicted octanol–water partition coefficient (Wildman–Crippen LogP) is 3.47. The molecule has 20 heavy (non-hydrogen) atoms. The molecule has 0 aliphatic heterocycles. The summed E-state index contributed by atoms with van der Waals surface area (Å²) in [6, 6.07) is 10.1. The van der Waals surface area contributed by atoms with Crippen molar-refractivity contribution in [2.75, 3.05) is 23.3 Å². The van der Waals surface area contributed by atoms with Crippen molar-refractivity contribution in [3.8, 4) is 6.07 Å². The first-order valence-electron chi connectivity index (χ1n) is 6.70. The highest BCUT2D eigenvalue weighted by molar-refractivity contribution is 7.12. The Labute approximate surface area is 123 Å². The number of anilines is 2. The largest absolute Gasteiger partial charge is 0.379 e. The van der Waals surface area contributed by atoms with Gasteiger partial charge in [0.05, 0.1) is 11.9 Å². The van der Waals surface area contributed by atoms with Gasteiger partial charge in [-0.15, -0.1) is 11.3 Å². The molecule has 2 aromatic heterocycles. The van der Waals surface area contributed by atoms with Gasteiger partial charge in [-0.05, 0) is 38.1 Å². The summed E-state index contributed by atoms with van der Waals surface area (Å²) in [5, 5.41) is 12.1. The third kappa shape index (κ3) is 3.49. The number of hydrogen-bond donors (Lipinski definition) is 1. The van der Waals surface area contributed by atoms with E-state index in [9.17, 15) is 0 Å². The highest BCUT2D eigenvalue weighted by Gasteiger charge is 2.03. The van der Waals surface area contributed by atoms with E-state index in [1.54, 1.807) is 0 Å². The number of rotatable bonds is 6. The van der Waals surface area contributed by atoms with Crippen LogP contribution in [0.2, 0.25) is 0 Å². The van der Waals surface area contributed by atoms with Crippen LogP contribution in [0.1, 0.15) is 23.6 Å². The van der Waals surface area contributed by atoms with Crippen molar-refractivity contribution in [2.24, 2.45) is 0 Å². The summed E-state index contributed by atoms with van der Waals surface area (Å²) in [5.41, 5.74) is 0.993. The Hall–Kier alpha value is -2.06. The van der Waals surface area contributed by atoms with Crippen molar-refractivity contribution in [1.82, 2.24) is 4.98 Å². The first-order valence-corrected chi connectivity index (χ1v) is 7.52. The third-order valence-electron chi connectivity index (χ3n) is 3.07. The molecule has 104 valence electrons. The fraction of sp³-hybridized carbons (Fsp3) is 0.333. The second kappa shape index (κ2) is 6.92. The van der Waals surface area contributed by atoms with Gasteiger partial charge in [-0.2, -0.15) is 5.26 Å². The van der Waals surface area contributed by atoms with E-state index in [2.05, 4.69) is 35.1 Å². The molecular formula is C15H18N4S. The summed E-state index contributed by atoms with van der Waals surface area (Å²) >= 11 is 1.52. The predicted molar refractivity (Wildman–Crippen MR) is 84.2 cm³/mol.